The van der Waals surface area contributed by atoms with E-state index in [9.17, 15) is 5.11 Å². The number of fused-ring (bicyclic) bond motifs is 1. The molecule has 0 saturated heterocycles. The Morgan fingerprint density at radius 2 is 1.72 bits per heavy atom. The molecule has 1 heterocycles. The van der Waals surface area contributed by atoms with Gasteiger partial charge in [0.05, 0.1) is 12.7 Å². The fraction of sp³-hybridized carbons (Fsp3) is 0.250. The van der Waals surface area contributed by atoms with Crippen molar-refractivity contribution in [1.29, 1.82) is 0 Å². The monoisotopic (exact) mass is 240 g/mol. The zero-order valence-corrected chi connectivity index (χ0v) is 10.1. The fourth-order valence-corrected chi connectivity index (χ4v) is 2.48. The molecule has 2 nitrogen and oxygen atoms in total. The number of ether oxygens (including phenoxy) is 1. The lowest BCUT2D eigenvalue weighted by Gasteiger charge is -2.29. The van der Waals surface area contributed by atoms with Crippen molar-refractivity contribution in [2.75, 3.05) is 6.61 Å². The largest absolute Gasteiger partial charge is 0.493 e. The van der Waals surface area contributed by atoms with Gasteiger partial charge in [-0.3, -0.25) is 0 Å². The minimum Gasteiger partial charge on any atom is -0.493 e. The lowest BCUT2D eigenvalue weighted by atomic mass is 9.88. The third kappa shape index (κ3) is 2.12. The van der Waals surface area contributed by atoms with Gasteiger partial charge in [0.2, 0.25) is 0 Å². The van der Waals surface area contributed by atoms with Crippen LogP contribution < -0.4 is 4.74 Å². The summed E-state index contributed by atoms with van der Waals surface area (Å²) in [5.74, 6) is 1.08. The lowest BCUT2D eigenvalue weighted by molar-refractivity contribution is 0.0645. The molecular formula is C16H16O2. The van der Waals surface area contributed by atoms with Crippen molar-refractivity contribution in [2.24, 2.45) is 5.92 Å². The predicted octanol–water partition coefficient (Wildman–Crippen LogP) is 2.97. The number of aliphatic hydroxyl groups excluding tert-OH is 1. The molecule has 0 aliphatic carbocycles. The molecule has 0 saturated carbocycles. The Labute approximate surface area is 107 Å². The van der Waals surface area contributed by atoms with Gasteiger partial charge in [0, 0.05) is 5.92 Å². The molecule has 2 aromatic carbocycles. The molecular weight excluding hydrogens is 224 g/mol. The van der Waals surface area contributed by atoms with Crippen LogP contribution in [0.25, 0.3) is 0 Å². The second kappa shape index (κ2) is 4.83. The first-order valence-electron chi connectivity index (χ1n) is 6.28. The second-order valence-corrected chi connectivity index (χ2v) is 4.74. The molecule has 0 bridgehead atoms. The third-order valence-electron chi connectivity index (χ3n) is 3.50. The first-order valence-corrected chi connectivity index (χ1v) is 6.28. The van der Waals surface area contributed by atoms with Gasteiger partial charge in [-0.05, 0) is 23.6 Å². The standard InChI is InChI=1S/C16H16O2/c17-16(12-6-2-1-3-7-12)14-10-13-8-4-5-9-15(13)18-11-14/h1-9,14,16-17H,10-11H2. The number of aliphatic hydroxyl groups is 1. The molecule has 0 aromatic heterocycles. The normalized spacial score (nSPS) is 19.7. The second-order valence-electron chi connectivity index (χ2n) is 4.74. The Bertz CT molecular complexity index is 522. The van der Waals surface area contributed by atoms with Crippen LogP contribution in [0.4, 0.5) is 0 Å². The summed E-state index contributed by atoms with van der Waals surface area (Å²) in [7, 11) is 0. The molecule has 2 heteroatoms. The minimum absolute atomic E-state index is 0.127. The zero-order chi connectivity index (χ0) is 12.4. The maximum absolute atomic E-state index is 10.4. The van der Waals surface area contributed by atoms with E-state index in [4.69, 9.17) is 4.74 Å². The molecule has 0 radical (unpaired) electrons. The topological polar surface area (TPSA) is 29.5 Å². The first kappa shape index (κ1) is 11.3. The number of benzene rings is 2. The highest BCUT2D eigenvalue weighted by molar-refractivity contribution is 5.35. The van der Waals surface area contributed by atoms with Crippen LogP contribution in [0.2, 0.25) is 0 Å². The van der Waals surface area contributed by atoms with E-state index < -0.39 is 6.10 Å². The van der Waals surface area contributed by atoms with Gasteiger partial charge < -0.3 is 9.84 Å². The quantitative estimate of drug-likeness (QED) is 0.874. The average molecular weight is 240 g/mol. The number of hydrogen-bond acceptors (Lipinski definition) is 2. The van der Waals surface area contributed by atoms with Gasteiger partial charge in [-0.15, -0.1) is 0 Å². The van der Waals surface area contributed by atoms with Crippen LogP contribution >= 0.6 is 0 Å². The van der Waals surface area contributed by atoms with Gasteiger partial charge in [-0.25, -0.2) is 0 Å². The summed E-state index contributed by atoms with van der Waals surface area (Å²) in [6.07, 6.45) is 0.409. The van der Waals surface area contributed by atoms with Crippen molar-refractivity contribution in [3.63, 3.8) is 0 Å². The molecule has 2 atom stereocenters. The summed E-state index contributed by atoms with van der Waals surface area (Å²) < 4.78 is 5.72. The summed E-state index contributed by atoms with van der Waals surface area (Å²) in [5.41, 5.74) is 2.15. The maximum atomic E-state index is 10.4. The van der Waals surface area contributed by atoms with E-state index in [0.717, 1.165) is 17.7 Å². The van der Waals surface area contributed by atoms with Crippen LogP contribution in [-0.2, 0) is 6.42 Å². The van der Waals surface area contributed by atoms with Gasteiger partial charge in [0.15, 0.2) is 0 Å². The maximum Gasteiger partial charge on any atom is 0.122 e. The van der Waals surface area contributed by atoms with Gasteiger partial charge in [0.1, 0.15) is 5.75 Å². The molecule has 2 unspecified atom stereocenters. The molecule has 1 aliphatic rings. The third-order valence-corrected chi connectivity index (χ3v) is 3.50. The summed E-state index contributed by atoms with van der Waals surface area (Å²) in [6.45, 7) is 0.576. The van der Waals surface area contributed by atoms with Gasteiger partial charge >= 0.3 is 0 Å². The molecule has 0 fully saturated rings. The van der Waals surface area contributed by atoms with Gasteiger partial charge in [0.25, 0.3) is 0 Å². The highest BCUT2D eigenvalue weighted by Gasteiger charge is 2.26. The van der Waals surface area contributed by atoms with Crippen LogP contribution in [0.1, 0.15) is 17.2 Å². The Balaban J connectivity index is 1.80. The first-order chi connectivity index (χ1) is 8.84. The van der Waals surface area contributed by atoms with Crippen LogP contribution in [0.5, 0.6) is 5.75 Å². The Hall–Kier alpha value is -1.80. The number of para-hydroxylation sites is 1. The van der Waals surface area contributed by atoms with Gasteiger partial charge in [-0.2, -0.15) is 0 Å². The zero-order valence-electron chi connectivity index (χ0n) is 10.1. The van der Waals surface area contributed by atoms with E-state index in [-0.39, 0.29) is 5.92 Å². The van der Waals surface area contributed by atoms with E-state index >= 15 is 0 Å². The van der Waals surface area contributed by atoms with Crippen LogP contribution in [0, 0.1) is 5.92 Å². The van der Waals surface area contributed by atoms with Crippen molar-refractivity contribution in [1.82, 2.24) is 0 Å². The number of hydrogen-bond donors (Lipinski definition) is 1. The van der Waals surface area contributed by atoms with E-state index in [1.165, 1.54) is 5.56 Å². The average Bonchev–Trinajstić information content (AvgIpc) is 2.47. The van der Waals surface area contributed by atoms with Crippen LogP contribution in [0.3, 0.4) is 0 Å². The lowest BCUT2D eigenvalue weighted by Crippen LogP contribution is -2.26. The van der Waals surface area contributed by atoms with Crippen molar-refractivity contribution in [3.8, 4) is 5.75 Å². The molecule has 2 aromatic rings. The molecule has 0 amide bonds. The Morgan fingerprint density at radius 1 is 1.00 bits per heavy atom. The molecule has 1 aliphatic heterocycles. The van der Waals surface area contributed by atoms with E-state index in [1.807, 2.05) is 48.5 Å². The highest BCUT2D eigenvalue weighted by atomic mass is 16.5. The summed E-state index contributed by atoms with van der Waals surface area (Å²) in [6, 6.07) is 17.8. The summed E-state index contributed by atoms with van der Waals surface area (Å²) in [4.78, 5) is 0. The van der Waals surface area contributed by atoms with Crippen molar-refractivity contribution >= 4 is 0 Å². The Morgan fingerprint density at radius 3 is 2.56 bits per heavy atom. The fourth-order valence-electron chi connectivity index (χ4n) is 2.48. The SMILES string of the molecule is OC(c1ccccc1)C1COc2ccccc2C1. The van der Waals surface area contributed by atoms with E-state index in [0.29, 0.717) is 6.61 Å². The smallest absolute Gasteiger partial charge is 0.122 e. The summed E-state index contributed by atoms with van der Waals surface area (Å²) in [5, 5.41) is 10.4. The molecule has 18 heavy (non-hydrogen) atoms. The molecule has 3 rings (SSSR count). The predicted molar refractivity (Wildman–Crippen MR) is 70.5 cm³/mol. The van der Waals surface area contributed by atoms with E-state index in [1.54, 1.807) is 0 Å². The highest BCUT2D eigenvalue weighted by Crippen LogP contribution is 2.33. The molecule has 0 spiro atoms. The Kier molecular flexibility index (Phi) is 3.03. The van der Waals surface area contributed by atoms with Gasteiger partial charge in [-0.1, -0.05) is 48.5 Å². The van der Waals surface area contributed by atoms with Crippen LogP contribution in [-0.4, -0.2) is 11.7 Å². The minimum atomic E-state index is -0.459. The van der Waals surface area contributed by atoms with Crippen molar-refractivity contribution in [2.45, 2.75) is 12.5 Å². The number of rotatable bonds is 2. The van der Waals surface area contributed by atoms with E-state index in [2.05, 4.69) is 6.07 Å². The molecule has 1 N–H and O–H groups in total. The van der Waals surface area contributed by atoms with Crippen LogP contribution in [0.15, 0.2) is 54.6 Å². The molecule has 92 valence electrons. The summed E-state index contributed by atoms with van der Waals surface area (Å²) >= 11 is 0. The van der Waals surface area contributed by atoms with Crippen molar-refractivity contribution in [3.05, 3.63) is 65.7 Å². The van der Waals surface area contributed by atoms with Crippen molar-refractivity contribution < 1.29 is 9.84 Å².